The maximum absolute atomic E-state index is 12.4. The van der Waals surface area contributed by atoms with Crippen LogP contribution in [0.3, 0.4) is 0 Å². The van der Waals surface area contributed by atoms with Gasteiger partial charge in [0.05, 0.1) is 11.1 Å². The van der Waals surface area contributed by atoms with Crippen LogP contribution in [0, 0.1) is 0 Å². The van der Waals surface area contributed by atoms with Crippen LogP contribution in [-0.4, -0.2) is 28.1 Å². The van der Waals surface area contributed by atoms with E-state index in [0.29, 0.717) is 38.5 Å². The van der Waals surface area contributed by atoms with E-state index >= 15 is 0 Å². The maximum atomic E-state index is 12.4. The summed E-state index contributed by atoms with van der Waals surface area (Å²) in [5, 5.41) is 19.8. The van der Waals surface area contributed by atoms with Crippen molar-refractivity contribution in [3.05, 3.63) is 28.3 Å². The molecule has 1 aliphatic heterocycles. The summed E-state index contributed by atoms with van der Waals surface area (Å²) >= 11 is 6.09. The molecule has 1 atom stereocenters. The van der Waals surface area contributed by atoms with Gasteiger partial charge in [-0.2, -0.15) is 0 Å². The molecule has 0 radical (unpaired) electrons. The van der Waals surface area contributed by atoms with Crippen molar-refractivity contribution in [2.24, 2.45) is 0 Å². The second kappa shape index (κ2) is 8.20. The molecule has 0 saturated heterocycles. The number of rotatable bonds is 0. The first-order valence-corrected chi connectivity index (χ1v) is 8.41. The van der Waals surface area contributed by atoms with E-state index in [9.17, 15) is 19.8 Å². The third-order valence-electron chi connectivity index (χ3n) is 3.95. The van der Waals surface area contributed by atoms with Crippen molar-refractivity contribution in [2.45, 2.75) is 51.6 Å². The van der Waals surface area contributed by atoms with Crippen LogP contribution in [0.25, 0.3) is 6.08 Å². The summed E-state index contributed by atoms with van der Waals surface area (Å²) < 4.78 is 5.35. The van der Waals surface area contributed by atoms with E-state index in [1.165, 1.54) is 0 Å². The Balaban J connectivity index is 2.40. The fourth-order valence-corrected chi connectivity index (χ4v) is 2.86. The molecule has 24 heavy (non-hydrogen) atoms. The predicted octanol–water partition coefficient (Wildman–Crippen LogP) is 4.23. The topological polar surface area (TPSA) is 83.8 Å². The number of halogens is 1. The average molecular weight is 353 g/mol. The van der Waals surface area contributed by atoms with Crippen LogP contribution >= 0.6 is 11.6 Å². The van der Waals surface area contributed by atoms with Gasteiger partial charge in [0.25, 0.3) is 0 Å². The molecule has 0 fully saturated rings. The van der Waals surface area contributed by atoms with Crippen LogP contribution in [-0.2, 0) is 9.53 Å². The van der Waals surface area contributed by atoms with E-state index in [-0.39, 0.29) is 33.4 Å². The number of ether oxygens (including phenoxy) is 1. The number of hydrogen-bond donors (Lipinski definition) is 2. The molecule has 1 aromatic rings. The van der Waals surface area contributed by atoms with E-state index in [0.717, 1.165) is 6.07 Å². The summed E-state index contributed by atoms with van der Waals surface area (Å²) in [4.78, 5) is 24.2. The third-order valence-corrected chi connectivity index (χ3v) is 4.35. The lowest BCUT2D eigenvalue weighted by Gasteiger charge is -2.16. The minimum absolute atomic E-state index is 0.0215. The van der Waals surface area contributed by atoms with Gasteiger partial charge in [-0.15, -0.1) is 0 Å². The van der Waals surface area contributed by atoms with Crippen molar-refractivity contribution < 1.29 is 24.5 Å². The smallest absolute Gasteiger partial charge is 0.342 e. The quantitative estimate of drug-likeness (QED) is 0.682. The van der Waals surface area contributed by atoms with Gasteiger partial charge >= 0.3 is 5.97 Å². The normalized spacial score (nSPS) is 20.2. The van der Waals surface area contributed by atoms with E-state index < -0.39 is 12.1 Å². The molecule has 130 valence electrons. The summed E-state index contributed by atoms with van der Waals surface area (Å²) in [5.74, 6) is -1.19. The van der Waals surface area contributed by atoms with Gasteiger partial charge in [0.2, 0.25) is 0 Å². The molecule has 1 aromatic carbocycles. The molecule has 0 spiro atoms. The second-order valence-corrected chi connectivity index (χ2v) is 6.34. The molecule has 2 N–H and O–H groups in total. The summed E-state index contributed by atoms with van der Waals surface area (Å²) in [6.07, 6.45) is 6.47. The standard InChI is InChI=1S/C18H21ClO5/c1-11-6-5-8-12(20)7-3-2-4-9-13-16(18(23)24-11)14(21)10-15(22)17(13)19/h4,9-11,21-22H,2-3,5-8H2,1H3/t11-/m0/s1. The molecule has 2 rings (SSSR count). The molecule has 0 saturated carbocycles. The van der Waals surface area contributed by atoms with Gasteiger partial charge in [-0.25, -0.2) is 4.79 Å². The van der Waals surface area contributed by atoms with Gasteiger partial charge in [0, 0.05) is 24.5 Å². The second-order valence-electron chi connectivity index (χ2n) is 5.96. The Morgan fingerprint density at radius 2 is 1.88 bits per heavy atom. The minimum atomic E-state index is -0.704. The van der Waals surface area contributed by atoms with Crippen molar-refractivity contribution in [3.63, 3.8) is 0 Å². The highest BCUT2D eigenvalue weighted by molar-refractivity contribution is 6.34. The zero-order valence-corrected chi connectivity index (χ0v) is 14.3. The van der Waals surface area contributed by atoms with Crippen molar-refractivity contribution in [1.82, 2.24) is 0 Å². The van der Waals surface area contributed by atoms with Crippen molar-refractivity contribution >= 4 is 29.4 Å². The zero-order valence-electron chi connectivity index (χ0n) is 13.5. The lowest BCUT2D eigenvalue weighted by Crippen LogP contribution is -2.17. The molecule has 6 heteroatoms. The Kier molecular flexibility index (Phi) is 6.26. The first-order chi connectivity index (χ1) is 11.4. The number of phenolic OH excluding ortho intramolecular Hbond substituents is 2. The molecule has 1 aliphatic rings. The van der Waals surface area contributed by atoms with Crippen LogP contribution in [0.5, 0.6) is 11.5 Å². The van der Waals surface area contributed by atoms with Gasteiger partial charge in [0.15, 0.2) is 0 Å². The van der Waals surface area contributed by atoms with Crippen LogP contribution in [0.2, 0.25) is 5.02 Å². The summed E-state index contributed by atoms with van der Waals surface area (Å²) in [6, 6.07) is 1.03. The molecule has 0 aromatic heterocycles. The van der Waals surface area contributed by atoms with Gasteiger partial charge in [-0.3, -0.25) is 4.79 Å². The number of phenols is 2. The lowest BCUT2D eigenvalue weighted by molar-refractivity contribution is -0.119. The van der Waals surface area contributed by atoms with Crippen LogP contribution in [0.4, 0.5) is 0 Å². The largest absolute Gasteiger partial charge is 0.507 e. The number of ketones is 1. The van der Waals surface area contributed by atoms with E-state index in [4.69, 9.17) is 16.3 Å². The molecule has 0 aliphatic carbocycles. The Morgan fingerprint density at radius 3 is 2.62 bits per heavy atom. The minimum Gasteiger partial charge on any atom is -0.507 e. The van der Waals surface area contributed by atoms with Gasteiger partial charge in [-0.1, -0.05) is 23.8 Å². The van der Waals surface area contributed by atoms with Gasteiger partial charge in [0.1, 0.15) is 22.8 Å². The highest BCUT2D eigenvalue weighted by Crippen LogP contribution is 2.37. The maximum Gasteiger partial charge on any atom is 0.342 e. The lowest BCUT2D eigenvalue weighted by atomic mass is 10.0. The number of allylic oxidation sites excluding steroid dienone is 1. The number of carbonyl (C=O) groups is 2. The van der Waals surface area contributed by atoms with E-state index in [1.807, 2.05) is 0 Å². The number of cyclic esters (lactones) is 1. The molecule has 1 heterocycles. The molecular formula is C18H21ClO5. The fourth-order valence-electron chi connectivity index (χ4n) is 2.65. The molecular weight excluding hydrogens is 332 g/mol. The number of aromatic hydroxyl groups is 2. The average Bonchev–Trinajstić information content (AvgIpc) is 2.50. The highest BCUT2D eigenvalue weighted by Gasteiger charge is 2.23. The SMILES string of the molecule is C[C@H]1CCCC(=O)CCCC=Cc2c(Cl)c(O)cc(O)c2C(=O)O1. The Morgan fingerprint density at radius 1 is 1.17 bits per heavy atom. The number of hydrogen-bond acceptors (Lipinski definition) is 5. The van der Waals surface area contributed by atoms with Crippen LogP contribution in [0.15, 0.2) is 12.1 Å². The highest BCUT2D eigenvalue weighted by atomic mass is 35.5. The first-order valence-electron chi connectivity index (χ1n) is 8.03. The van der Waals surface area contributed by atoms with Crippen molar-refractivity contribution in [1.29, 1.82) is 0 Å². The number of benzene rings is 1. The molecule has 0 amide bonds. The molecule has 5 nitrogen and oxygen atoms in total. The van der Waals surface area contributed by atoms with E-state index in [1.54, 1.807) is 19.1 Å². The van der Waals surface area contributed by atoms with Gasteiger partial charge < -0.3 is 14.9 Å². The molecule has 0 unspecified atom stereocenters. The number of Topliss-reactive ketones (excluding diaryl/α,β-unsaturated/α-hetero) is 1. The third kappa shape index (κ3) is 4.51. The number of esters is 1. The van der Waals surface area contributed by atoms with Crippen molar-refractivity contribution in [3.8, 4) is 11.5 Å². The number of carbonyl (C=O) groups excluding carboxylic acids is 2. The summed E-state index contributed by atoms with van der Waals surface area (Å²) in [6.45, 7) is 1.74. The van der Waals surface area contributed by atoms with E-state index in [2.05, 4.69) is 0 Å². The number of fused-ring (bicyclic) bond motifs is 1. The predicted molar refractivity (Wildman–Crippen MR) is 91.4 cm³/mol. The van der Waals surface area contributed by atoms with Crippen LogP contribution in [0.1, 0.15) is 61.4 Å². The fraction of sp³-hybridized carbons (Fsp3) is 0.444. The molecule has 0 bridgehead atoms. The van der Waals surface area contributed by atoms with Crippen LogP contribution < -0.4 is 0 Å². The summed E-state index contributed by atoms with van der Waals surface area (Å²) in [7, 11) is 0. The Labute approximate surface area is 145 Å². The summed E-state index contributed by atoms with van der Waals surface area (Å²) in [5.41, 5.74) is 0.156. The zero-order chi connectivity index (χ0) is 17.7. The van der Waals surface area contributed by atoms with Gasteiger partial charge in [-0.05, 0) is 32.6 Å². The Hall–Kier alpha value is -2.01. The monoisotopic (exact) mass is 352 g/mol. The first kappa shape index (κ1) is 18.3. The van der Waals surface area contributed by atoms with Crippen molar-refractivity contribution in [2.75, 3.05) is 0 Å². The Bertz CT molecular complexity index is 666.